The molecule has 0 heterocycles. The average molecular weight is 429 g/mol. The van der Waals surface area contributed by atoms with Crippen molar-refractivity contribution in [2.45, 2.75) is 12.0 Å². The molecule has 0 aromatic heterocycles. The molecule has 0 radical (unpaired) electrons. The zero-order chi connectivity index (χ0) is 19.3. The Labute approximate surface area is 171 Å². The van der Waals surface area contributed by atoms with E-state index in [2.05, 4.69) is 40.2 Å². The Balaban J connectivity index is 1.78. The molecular weight excluding hydrogens is 412 g/mol. The van der Waals surface area contributed by atoms with Crippen molar-refractivity contribution in [1.82, 2.24) is 0 Å². The van der Waals surface area contributed by atoms with Gasteiger partial charge in [0.1, 0.15) is 5.60 Å². The monoisotopic (exact) mass is 428 g/mol. The van der Waals surface area contributed by atoms with Crippen molar-refractivity contribution in [3.05, 3.63) is 117 Å². The molecule has 0 fully saturated rings. The summed E-state index contributed by atoms with van der Waals surface area (Å²) in [5.41, 5.74) is 2.19. The van der Waals surface area contributed by atoms with Crippen LogP contribution in [0.4, 0.5) is 0 Å². The molecule has 1 aliphatic carbocycles. The normalized spacial score (nSPS) is 18.0. The summed E-state index contributed by atoms with van der Waals surface area (Å²) < 4.78 is 0.709. The van der Waals surface area contributed by atoms with Crippen molar-refractivity contribution in [2.75, 3.05) is 0 Å². The van der Waals surface area contributed by atoms with E-state index in [1.54, 1.807) is 6.07 Å². The molecule has 0 saturated carbocycles. The van der Waals surface area contributed by atoms with Crippen molar-refractivity contribution in [3.8, 4) is 0 Å². The highest BCUT2D eigenvalue weighted by Crippen LogP contribution is 2.44. The van der Waals surface area contributed by atoms with E-state index in [1.807, 2.05) is 54.6 Å². The maximum Gasteiger partial charge on any atom is 0.194 e. The second kappa shape index (κ2) is 6.40. The number of halogens is 1. The Hall–Kier alpha value is -2.75. The molecule has 4 aromatic carbocycles. The number of benzene rings is 4. The fraction of sp³-hybridized carbons (Fsp3) is 0.0800. The van der Waals surface area contributed by atoms with Crippen LogP contribution >= 0.6 is 15.9 Å². The van der Waals surface area contributed by atoms with E-state index in [0.717, 1.165) is 16.3 Å². The highest BCUT2D eigenvalue weighted by Gasteiger charge is 2.43. The van der Waals surface area contributed by atoms with E-state index >= 15 is 0 Å². The average Bonchev–Trinajstić information content (AvgIpc) is 2.72. The number of rotatable bonds is 2. The summed E-state index contributed by atoms with van der Waals surface area (Å²) in [6, 6.07) is 27.3. The summed E-state index contributed by atoms with van der Waals surface area (Å²) in [6.45, 7) is 0. The van der Waals surface area contributed by atoms with Crippen LogP contribution in [-0.2, 0) is 12.0 Å². The third-order valence-corrected chi connectivity index (χ3v) is 6.29. The number of carbonyl (C=O) groups excluding carboxylic acids is 1. The number of hydrogen-bond acceptors (Lipinski definition) is 2. The molecule has 1 N–H and O–H groups in total. The van der Waals surface area contributed by atoms with Crippen molar-refractivity contribution < 1.29 is 9.90 Å². The van der Waals surface area contributed by atoms with Gasteiger partial charge in [0.05, 0.1) is 0 Å². The summed E-state index contributed by atoms with van der Waals surface area (Å²) in [5, 5.41) is 14.3. The minimum absolute atomic E-state index is 0.0549. The van der Waals surface area contributed by atoms with Crippen LogP contribution in [0.15, 0.2) is 89.4 Å². The number of ketones is 1. The topological polar surface area (TPSA) is 37.3 Å². The number of hydrogen-bond donors (Lipinski definition) is 1. The van der Waals surface area contributed by atoms with Crippen LogP contribution in [0.25, 0.3) is 10.8 Å². The largest absolute Gasteiger partial charge is 0.380 e. The molecule has 136 valence electrons. The summed E-state index contributed by atoms with van der Waals surface area (Å²) in [6.07, 6.45) is 0.391. The molecule has 0 spiro atoms. The molecule has 0 amide bonds. The van der Waals surface area contributed by atoms with Crippen molar-refractivity contribution in [1.29, 1.82) is 0 Å². The second-order valence-electron chi connectivity index (χ2n) is 7.21. The van der Waals surface area contributed by atoms with Crippen LogP contribution in [0.3, 0.4) is 0 Å². The standard InChI is InChI=1S/C25H17BrO2/c26-22-14-6-13-21-23(22)24(27)19-11-3-4-12-20(19)25(21,28)15-17-9-5-8-16-7-1-2-10-18(16)17/h1-14,28H,15H2. The smallest absolute Gasteiger partial charge is 0.194 e. The van der Waals surface area contributed by atoms with Gasteiger partial charge in [-0.3, -0.25) is 4.79 Å². The molecule has 0 bridgehead atoms. The molecule has 3 heteroatoms. The van der Waals surface area contributed by atoms with Gasteiger partial charge in [0, 0.05) is 27.6 Å². The summed E-state index contributed by atoms with van der Waals surface area (Å²) >= 11 is 3.52. The highest BCUT2D eigenvalue weighted by molar-refractivity contribution is 9.10. The molecule has 2 nitrogen and oxygen atoms in total. The zero-order valence-corrected chi connectivity index (χ0v) is 16.6. The van der Waals surface area contributed by atoms with Gasteiger partial charge in [-0.05, 0) is 28.0 Å². The lowest BCUT2D eigenvalue weighted by atomic mass is 9.71. The fourth-order valence-electron chi connectivity index (χ4n) is 4.33. The summed E-state index contributed by atoms with van der Waals surface area (Å²) in [5.74, 6) is -0.0549. The first-order chi connectivity index (χ1) is 13.6. The van der Waals surface area contributed by atoms with Crippen molar-refractivity contribution in [2.24, 2.45) is 0 Å². The predicted octanol–water partition coefficient (Wildman–Crippen LogP) is 5.63. The van der Waals surface area contributed by atoms with Gasteiger partial charge in [0.15, 0.2) is 5.78 Å². The van der Waals surface area contributed by atoms with E-state index in [1.165, 1.54) is 0 Å². The van der Waals surface area contributed by atoms with E-state index in [9.17, 15) is 9.90 Å². The van der Waals surface area contributed by atoms with Crippen LogP contribution in [0.2, 0.25) is 0 Å². The molecule has 28 heavy (non-hydrogen) atoms. The number of carbonyl (C=O) groups is 1. The quantitative estimate of drug-likeness (QED) is 0.449. The van der Waals surface area contributed by atoms with Crippen LogP contribution in [0.1, 0.15) is 32.6 Å². The lowest BCUT2D eigenvalue weighted by Gasteiger charge is -2.36. The van der Waals surface area contributed by atoms with E-state index < -0.39 is 5.60 Å². The Morgan fingerprint density at radius 3 is 2.36 bits per heavy atom. The van der Waals surface area contributed by atoms with Crippen molar-refractivity contribution in [3.63, 3.8) is 0 Å². The molecule has 1 aliphatic rings. The fourth-order valence-corrected chi connectivity index (χ4v) is 4.88. The maximum absolute atomic E-state index is 13.1. The first-order valence-corrected chi connectivity index (χ1v) is 10.0. The van der Waals surface area contributed by atoms with Gasteiger partial charge in [0.25, 0.3) is 0 Å². The number of fused-ring (bicyclic) bond motifs is 3. The van der Waals surface area contributed by atoms with Crippen LogP contribution in [-0.4, -0.2) is 10.9 Å². The molecule has 5 rings (SSSR count). The van der Waals surface area contributed by atoms with Gasteiger partial charge in [-0.2, -0.15) is 0 Å². The molecular formula is C25H17BrO2. The molecule has 1 unspecified atom stereocenters. The minimum atomic E-state index is -1.28. The van der Waals surface area contributed by atoms with Gasteiger partial charge < -0.3 is 5.11 Å². The Kier molecular flexibility index (Phi) is 3.97. The predicted molar refractivity (Wildman–Crippen MR) is 115 cm³/mol. The number of aliphatic hydroxyl groups is 1. The Bertz CT molecular complexity index is 1240. The second-order valence-corrected chi connectivity index (χ2v) is 8.07. The van der Waals surface area contributed by atoms with E-state index in [4.69, 9.17) is 0 Å². The molecule has 0 saturated heterocycles. The lowest BCUT2D eigenvalue weighted by Crippen LogP contribution is -2.37. The van der Waals surface area contributed by atoms with Gasteiger partial charge in [-0.25, -0.2) is 0 Å². The van der Waals surface area contributed by atoms with Gasteiger partial charge in [0.2, 0.25) is 0 Å². The maximum atomic E-state index is 13.1. The highest BCUT2D eigenvalue weighted by atomic mass is 79.9. The molecule has 4 aromatic rings. The third-order valence-electron chi connectivity index (χ3n) is 5.63. The van der Waals surface area contributed by atoms with Crippen LogP contribution in [0.5, 0.6) is 0 Å². The minimum Gasteiger partial charge on any atom is -0.380 e. The van der Waals surface area contributed by atoms with Gasteiger partial charge >= 0.3 is 0 Å². The molecule has 1 atom stereocenters. The zero-order valence-electron chi connectivity index (χ0n) is 15.0. The van der Waals surface area contributed by atoms with Crippen molar-refractivity contribution >= 4 is 32.5 Å². The van der Waals surface area contributed by atoms with E-state index in [-0.39, 0.29) is 5.78 Å². The van der Waals surface area contributed by atoms with Gasteiger partial charge in [-0.1, -0.05) is 94.8 Å². The first-order valence-electron chi connectivity index (χ1n) is 9.22. The first kappa shape index (κ1) is 17.4. The van der Waals surface area contributed by atoms with E-state index in [0.29, 0.717) is 33.1 Å². The molecule has 0 aliphatic heterocycles. The summed E-state index contributed by atoms with van der Waals surface area (Å²) in [7, 11) is 0. The summed E-state index contributed by atoms with van der Waals surface area (Å²) in [4.78, 5) is 13.1. The Morgan fingerprint density at radius 1 is 0.786 bits per heavy atom. The Morgan fingerprint density at radius 2 is 1.46 bits per heavy atom. The third kappa shape index (κ3) is 2.47. The van der Waals surface area contributed by atoms with Crippen LogP contribution < -0.4 is 0 Å². The lowest BCUT2D eigenvalue weighted by molar-refractivity contribution is 0.0722. The van der Waals surface area contributed by atoms with Gasteiger partial charge in [-0.15, -0.1) is 0 Å². The SMILES string of the molecule is O=C1c2ccccc2C(O)(Cc2cccc3ccccc23)c2cccc(Br)c21. The van der Waals surface area contributed by atoms with Crippen LogP contribution in [0, 0.1) is 0 Å².